The van der Waals surface area contributed by atoms with Crippen LogP contribution < -0.4 is 5.32 Å². The molecule has 0 heterocycles. The maximum Gasteiger partial charge on any atom is 0.226 e. The van der Waals surface area contributed by atoms with E-state index in [1.54, 1.807) is 0 Å². The van der Waals surface area contributed by atoms with E-state index in [2.05, 4.69) is 52.5 Å². The third-order valence-electron chi connectivity index (χ3n) is 4.10. The molecular formula is C18H37N2O+. The molecule has 0 aromatic heterocycles. The molecule has 0 bridgehead atoms. The molecule has 0 spiro atoms. The topological polar surface area (TPSA) is 29.1 Å². The van der Waals surface area contributed by atoms with Crippen LogP contribution in [0.4, 0.5) is 0 Å². The maximum absolute atomic E-state index is 12.4. The number of amides is 1. The van der Waals surface area contributed by atoms with Crippen LogP contribution in [0.3, 0.4) is 0 Å². The standard InChI is InChI=1S/C16H30N2O.C2H6/c1-14-8-6-7-10-16(2,11-9-14)15(19)17-12-13-18(3,4)5;1-2/h6,8,14H,7,9-13H2,1-5H3;1-2H3/p+1/b8-6+;. The first kappa shape index (κ1) is 20.2. The number of nitrogens with one attached hydrogen (secondary N) is 1. The van der Waals surface area contributed by atoms with Crippen molar-refractivity contribution in [2.75, 3.05) is 34.2 Å². The molecule has 3 nitrogen and oxygen atoms in total. The molecule has 1 aliphatic rings. The van der Waals surface area contributed by atoms with Crippen molar-refractivity contribution in [3.8, 4) is 0 Å². The predicted molar refractivity (Wildman–Crippen MR) is 92.1 cm³/mol. The van der Waals surface area contributed by atoms with Gasteiger partial charge >= 0.3 is 0 Å². The highest BCUT2D eigenvalue weighted by Crippen LogP contribution is 2.33. The molecule has 0 aliphatic heterocycles. The minimum absolute atomic E-state index is 0.191. The van der Waals surface area contributed by atoms with Gasteiger partial charge in [0.2, 0.25) is 5.91 Å². The Kier molecular flexibility index (Phi) is 8.88. The number of likely N-dealkylation sites (N-methyl/N-ethyl adjacent to an activating group) is 1. The van der Waals surface area contributed by atoms with Gasteiger partial charge < -0.3 is 9.80 Å². The van der Waals surface area contributed by atoms with E-state index in [-0.39, 0.29) is 11.3 Å². The Morgan fingerprint density at radius 1 is 1.29 bits per heavy atom. The van der Waals surface area contributed by atoms with Crippen molar-refractivity contribution >= 4 is 5.91 Å². The van der Waals surface area contributed by atoms with E-state index in [4.69, 9.17) is 0 Å². The summed E-state index contributed by atoms with van der Waals surface area (Å²) < 4.78 is 0.886. The third-order valence-corrected chi connectivity index (χ3v) is 4.10. The fraction of sp³-hybridized carbons (Fsp3) is 0.833. The second-order valence-electron chi connectivity index (χ2n) is 7.31. The Bertz CT molecular complexity index is 331. The lowest BCUT2D eigenvalue weighted by molar-refractivity contribution is -0.869. The van der Waals surface area contributed by atoms with Crippen LogP contribution in [0.5, 0.6) is 0 Å². The zero-order valence-electron chi connectivity index (χ0n) is 15.3. The van der Waals surface area contributed by atoms with Crippen LogP contribution in [0.25, 0.3) is 0 Å². The first-order valence-corrected chi connectivity index (χ1v) is 8.48. The quantitative estimate of drug-likeness (QED) is 0.623. The number of carbonyl (C=O) groups excluding carboxylic acids is 1. The summed E-state index contributed by atoms with van der Waals surface area (Å²) in [6, 6.07) is 0. The lowest BCUT2D eigenvalue weighted by Crippen LogP contribution is -2.46. The number of allylic oxidation sites excluding steroid dienone is 2. The molecule has 0 fully saturated rings. The van der Waals surface area contributed by atoms with Crippen molar-refractivity contribution in [3.63, 3.8) is 0 Å². The van der Waals surface area contributed by atoms with Crippen LogP contribution in [0, 0.1) is 11.3 Å². The van der Waals surface area contributed by atoms with Crippen molar-refractivity contribution in [2.24, 2.45) is 11.3 Å². The highest BCUT2D eigenvalue weighted by atomic mass is 16.2. The fourth-order valence-corrected chi connectivity index (χ4v) is 2.44. The van der Waals surface area contributed by atoms with E-state index in [0.29, 0.717) is 5.92 Å². The summed E-state index contributed by atoms with van der Waals surface area (Å²) in [5.41, 5.74) is -0.191. The molecule has 2 unspecified atom stereocenters. The van der Waals surface area contributed by atoms with Crippen LogP contribution >= 0.6 is 0 Å². The van der Waals surface area contributed by atoms with Gasteiger partial charge in [-0.2, -0.15) is 0 Å². The monoisotopic (exact) mass is 297 g/mol. The Labute approximate surface area is 132 Å². The summed E-state index contributed by atoms with van der Waals surface area (Å²) in [4.78, 5) is 12.4. The van der Waals surface area contributed by atoms with Gasteiger partial charge in [-0.1, -0.05) is 39.8 Å². The molecule has 3 heteroatoms. The first-order chi connectivity index (χ1) is 9.73. The van der Waals surface area contributed by atoms with E-state index in [1.807, 2.05) is 13.8 Å². The van der Waals surface area contributed by atoms with Crippen LogP contribution in [0.15, 0.2) is 12.2 Å². The van der Waals surface area contributed by atoms with Crippen LogP contribution in [0.1, 0.15) is 53.4 Å². The average Bonchev–Trinajstić information content (AvgIpc) is 2.40. The number of nitrogens with zero attached hydrogens (tertiary/aromatic N) is 1. The molecule has 0 saturated heterocycles. The molecule has 0 radical (unpaired) electrons. The molecule has 1 aliphatic carbocycles. The third kappa shape index (κ3) is 8.25. The number of hydrogen-bond donors (Lipinski definition) is 1. The highest BCUT2D eigenvalue weighted by Gasteiger charge is 2.33. The summed E-state index contributed by atoms with van der Waals surface area (Å²) >= 11 is 0. The van der Waals surface area contributed by atoms with Gasteiger partial charge in [-0.15, -0.1) is 0 Å². The Morgan fingerprint density at radius 2 is 1.90 bits per heavy atom. The lowest BCUT2D eigenvalue weighted by Gasteiger charge is -2.31. The summed E-state index contributed by atoms with van der Waals surface area (Å²) in [5.74, 6) is 0.835. The Morgan fingerprint density at radius 3 is 2.48 bits per heavy atom. The number of quaternary nitrogens is 1. The average molecular weight is 298 g/mol. The second kappa shape index (κ2) is 9.24. The van der Waals surface area contributed by atoms with Crippen LogP contribution in [-0.2, 0) is 4.79 Å². The molecular weight excluding hydrogens is 260 g/mol. The normalized spacial score (nSPS) is 27.7. The fourth-order valence-electron chi connectivity index (χ4n) is 2.44. The molecule has 0 aromatic carbocycles. The number of hydrogen-bond acceptors (Lipinski definition) is 1. The van der Waals surface area contributed by atoms with Gasteiger partial charge in [-0.05, 0) is 31.6 Å². The van der Waals surface area contributed by atoms with E-state index in [9.17, 15) is 4.79 Å². The number of carbonyl (C=O) groups is 1. The van der Waals surface area contributed by atoms with E-state index >= 15 is 0 Å². The largest absolute Gasteiger partial charge is 0.350 e. The summed E-state index contributed by atoms with van der Waals surface area (Å²) in [6.07, 6.45) is 8.61. The Hall–Kier alpha value is -0.830. The zero-order valence-corrected chi connectivity index (χ0v) is 15.3. The van der Waals surface area contributed by atoms with Crippen molar-refractivity contribution in [3.05, 3.63) is 12.2 Å². The SMILES string of the molecule is CC.CC1/C=C/CCC(C)(C(=O)NCC[N+](C)(C)C)CC1. The second-order valence-corrected chi connectivity index (χ2v) is 7.31. The van der Waals surface area contributed by atoms with Gasteiger partial charge in [-0.3, -0.25) is 4.79 Å². The molecule has 0 saturated carbocycles. The van der Waals surface area contributed by atoms with Gasteiger partial charge in [0.05, 0.1) is 34.2 Å². The molecule has 1 N–H and O–H groups in total. The van der Waals surface area contributed by atoms with E-state index in [0.717, 1.165) is 43.3 Å². The highest BCUT2D eigenvalue weighted by molar-refractivity contribution is 5.82. The maximum atomic E-state index is 12.4. The van der Waals surface area contributed by atoms with Gasteiger partial charge in [-0.25, -0.2) is 0 Å². The number of rotatable bonds is 4. The molecule has 124 valence electrons. The minimum atomic E-state index is -0.191. The smallest absolute Gasteiger partial charge is 0.226 e. The van der Waals surface area contributed by atoms with Gasteiger partial charge in [0.25, 0.3) is 0 Å². The predicted octanol–water partition coefficient (Wildman–Crippen LogP) is 3.61. The minimum Gasteiger partial charge on any atom is -0.350 e. The zero-order chi connectivity index (χ0) is 16.5. The first-order valence-electron chi connectivity index (χ1n) is 8.48. The summed E-state index contributed by atoms with van der Waals surface area (Å²) in [5, 5.41) is 3.13. The molecule has 0 aromatic rings. The van der Waals surface area contributed by atoms with Crippen molar-refractivity contribution in [1.29, 1.82) is 0 Å². The Balaban J connectivity index is 0.00000191. The molecule has 21 heavy (non-hydrogen) atoms. The summed E-state index contributed by atoms with van der Waals surface area (Å²) in [6.45, 7) is 10.1. The van der Waals surface area contributed by atoms with Gasteiger partial charge in [0.15, 0.2) is 0 Å². The molecule has 1 rings (SSSR count). The van der Waals surface area contributed by atoms with Crippen molar-refractivity contribution in [1.82, 2.24) is 5.32 Å². The van der Waals surface area contributed by atoms with Crippen molar-refractivity contribution < 1.29 is 9.28 Å². The summed E-state index contributed by atoms with van der Waals surface area (Å²) in [7, 11) is 6.45. The van der Waals surface area contributed by atoms with E-state index < -0.39 is 0 Å². The lowest BCUT2D eigenvalue weighted by atomic mass is 9.77. The van der Waals surface area contributed by atoms with Crippen LogP contribution in [0.2, 0.25) is 0 Å². The van der Waals surface area contributed by atoms with Gasteiger partial charge in [0, 0.05) is 5.41 Å². The van der Waals surface area contributed by atoms with Crippen LogP contribution in [-0.4, -0.2) is 44.6 Å². The molecule has 2 atom stereocenters. The van der Waals surface area contributed by atoms with Crippen molar-refractivity contribution in [2.45, 2.75) is 53.4 Å². The van der Waals surface area contributed by atoms with Gasteiger partial charge in [0.1, 0.15) is 0 Å². The van der Waals surface area contributed by atoms with E-state index in [1.165, 1.54) is 0 Å². The molecule has 1 amide bonds.